The molecule has 1 unspecified atom stereocenters. The summed E-state index contributed by atoms with van der Waals surface area (Å²) in [5.74, 6) is 1.80. The van der Waals surface area contributed by atoms with Gasteiger partial charge in [0.2, 0.25) is 0 Å². The molecule has 0 spiro atoms. The minimum absolute atomic E-state index is 0.369. The summed E-state index contributed by atoms with van der Waals surface area (Å²) in [6, 6.07) is 0.369. The number of nitrogens with one attached hydrogen (secondary N) is 1. The molecule has 0 saturated carbocycles. The molecule has 0 saturated heterocycles. The second-order valence-corrected chi connectivity index (χ2v) is 3.97. The molecule has 0 radical (unpaired) electrons. The van der Waals surface area contributed by atoms with E-state index >= 15 is 0 Å². The molecule has 0 aliphatic carbocycles. The lowest BCUT2D eigenvalue weighted by molar-refractivity contribution is 0.539. The van der Waals surface area contributed by atoms with Crippen molar-refractivity contribution in [3.05, 3.63) is 12.4 Å². The predicted molar refractivity (Wildman–Crippen MR) is 59.0 cm³/mol. The van der Waals surface area contributed by atoms with Crippen molar-refractivity contribution in [1.82, 2.24) is 9.97 Å². The van der Waals surface area contributed by atoms with Crippen molar-refractivity contribution in [3.8, 4) is 0 Å². The zero-order chi connectivity index (χ0) is 10.6. The molecule has 1 aromatic heterocycles. The van der Waals surface area contributed by atoms with Crippen LogP contribution in [0.3, 0.4) is 0 Å². The Morgan fingerprint density at radius 2 is 1.93 bits per heavy atom. The summed E-state index contributed by atoms with van der Waals surface area (Å²) in [5, 5.41) is 3.24. The normalized spacial score (nSPS) is 12.9. The number of hydrogen-bond donors (Lipinski definition) is 2. The molecule has 4 heteroatoms. The first-order valence-electron chi connectivity index (χ1n) is 4.92. The zero-order valence-corrected chi connectivity index (χ0v) is 8.99. The van der Waals surface area contributed by atoms with Crippen molar-refractivity contribution in [2.75, 3.05) is 11.1 Å². The van der Waals surface area contributed by atoms with Gasteiger partial charge in [-0.1, -0.05) is 13.8 Å². The smallest absolute Gasteiger partial charge is 0.169 e. The molecule has 0 fully saturated rings. The van der Waals surface area contributed by atoms with Crippen molar-refractivity contribution < 1.29 is 0 Å². The van der Waals surface area contributed by atoms with Crippen molar-refractivity contribution in [3.63, 3.8) is 0 Å². The molecule has 4 nitrogen and oxygen atoms in total. The Morgan fingerprint density at radius 1 is 1.29 bits per heavy atom. The molecule has 1 atom stereocenters. The highest BCUT2D eigenvalue weighted by Gasteiger charge is 2.07. The fraction of sp³-hybridized carbons (Fsp3) is 0.600. The van der Waals surface area contributed by atoms with Crippen LogP contribution in [-0.2, 0) is 0 Å². The van der Waals surface area contributed by atoms with Crippen LogP contribution in [0.5, 0.6) is 0 Å². The number of nitrogens with two attached hydrogens (primary N) is 1. The standard InChI is InChI=1S/C10H18N4/c1-7(2)6-8(3)14-10-9(11)12-4-5-13-10/h4-5,7-8H,6H2,1-3H3,(H2,11,12)(H,13,14). The number of nitrogen functional groups attached to an aromatic ring is 1. The van der Waals surface area contributed by atoms with E-state index in [0.29, 0.717) is 23.6 Å². The summed E-state index contributed by atoms with van der Waals surface area (Å²) in [6.07, 6.45) is 4.32. The molecule has 0 aliphatic rings. The monoisotopic (exact) mass is 194 g/mol. The van der Waals surface area contributed by atoms with Crippen molar-refractivity contribution >= 4 is 11.6 Å². The van der Waals surface area contributed by atoms with Gasteiger partial charge in [-0.05, 0) is 19.3 Å². The Bertz CT molecular complexity index is 285. The lowest BCUT2D eigenvalue weighted by atomic mass is 10.1. The molecule has 0 aromatic carbocycles. The molecule has 1 aromatic rings. The van der Waals surface area contributed by atoms with Crippen LogP contribution in [0.1, 0.15) is 27.2 Å². The van der Waals surface area contributed by atoms with Crippen LogP contribution >= 0.6 is 0 Å². The predicted octanol–water partition coefficient (Wildman–Crippen LogP) is 1.91. The van der Waals surface area contributed by atoms with Crippen molar-refractivity contribution in [1.29, 1.82) is 0 Å². The van der Waals surface area contributed by atoms with E-state index in [1.807, 2.05) is 0 Å². The van der Waals surface area contributed by atoms with E-state index in [9.17, 15) is 0 Å². The molecule has 1 heterocycles. The van der Waals surface area contributed by atoms with Crippen LogP contribution in [-0.4, -0.2) is 16.0 Å². The summed E-state index contributed by atoms with van der Waals surface area (Å²) in [4.78, 5) is 8.09. The summed E-state index contributed by atoms with van der Waals surface area (Å²) >= 11 is 0. The third-order valence-corrected chi connectivity index (χ3v) is 1.93. The van der Waals surface area contributed by atoms with E-state index in [4.69, 9.17) is 5.73 Å². The van der Waals surface area contributed by atoms with Crippen molar-refractivity contribution in [2.45, 2.75) is 33.2 Å². The molecular formula is C10H18N4. The molecule has 3 N–H and O–H groups in total. The van der Waals surface area contributed by atoms with Crippen LogP contribution in [0.25, 0.3) is 0 Å². The zero-order valence-electron chi connectivity index (χ0n) is 8.99. The quantitative estimate of drug-likeness (QED) is 0.768. The summed E-state index contributed by atoms with van der Waals surface area (Å²) in [7, 11) is 0. The highest BCUT2D eigenvalue weighted by molar-refractivity contribution is 5.55. The number of anilines is 2. The van der Waals surface area contributed by atoms with Crippen molar-refractivity contribution in [2.24, 2.45) is 5.92 Å². The Labute approximate surface area is 85.0 Å². The Hall–Kier alpha value is -1.32. The summed E-state index contributed by atoms with van der Waals surface area (Å²) < 4.78 is 0. The van der Waals surface area contributed by atoms with E-state index in [2.05, 4.69) is 36.1 Å². The average Bonchev–Trinajstić information content (AvgIpc) is 2.07. The Kier molecular flexibility index (Phi) is 3.68. The van der Waals surface area contributed by atoms with Crippen LogP contribution in [0.2, 0.25) is 0 Å². The molecule has 78 valence electrons. The van der Waals surface area contributed by atoms with Crippen LogP contribution < -0.4 is 11.1 Å². The fourth-order valence-corrected chi connectivity index (χ4v) is 1.46. The highest BCUT2D eigenvalue weighted by atomic mass is 15.1. The van der Waals surface area contributed by atoms with Crippen LogP contribution in [0.4, 0.5) is 11.6 Å². The van der Waals surface area contributed by atoms with E-state index in [0.717, 1.165) is 6.42 Å². The van der Waals surface area contributed by atoms with Gasteiger partial charge in [0.1, 0.15) is 0 Å². The van der Waals surface area contributed by atoms with Crippen LogP contribution in [0.15, 0.2) is 12.4 Å². The lowest BCUT2D eigenvalue weighted by Gasteiger charge is -2.16. The first kappa shape index (κ1) is 10.8. The van der Waals surface area contributed by atoms with E-state index in [1.165, 1.54) is 0 Å². The molecule has 0 amide bonds. The average molecular weight is 194 g/mol. The van der Waals surface area contributed by atoms with Gasteiger partial charge >= 0.3 is 0 Å². The maximum absolute atomic E-state index is 5.66. The number of hydrogen-bond acceptors (Lipinski definition) is 4. The highest BCUT2D eigenvalue weighted by Crippen LogP contribution is 2.14. The minimum Gasteiger partial charge on any atom is -0.381 e. The fourth-order valence-electron chi connectivity index (χ4n) is 1.46. The molecule has 1 rings (SSSR count). The molecule has 14 heavy (non-hydrogen) atoms. The number of aromatic nitrogens is 2. The minimum atomic E-state index is 0.369. The first-order chi connectivity index (χ1) is 6.59. The Balaban J connectivity index is 2.56. The number of nitrogens with zero attached hydrogens (tertiary/aromatic N) is 2. The lowest BCUT2D eigenvalue weighted by Crippen LogP contribution is -2.19. The van der Waals surface area contributed by atoms with Crippen LogP contribution in [0, 0.1) is 5.92 Å². The topological polar surface area (TPSA) is 63.8 Å². The van der Waals surface area contributed by atoms with Gasteiger partial charge in [0, 0.05) is 18.4 Å². The van der Waals surface area contributed by atoms with E-state index in [1.54, 1.807) is 12.4 Å². The van der Waals surface area contributed by atoms with Gasteiger partial charge in [-0.25, -0.2) is 9.97 Å². The molecule has 0 aliphatic heterocycles. The van der Waals surface area contributed by atoms with Gasteiger partial charge in [0.15, 0.2) is 11.6 Å². The SMILES string of the molecule is CC(C)CC(C)Nc1nccnc1N. The third-order valence-electron chi connectivity index (χ3n) is 1.93. The molecule has 0 bridgehead atoms. The second kappa shape index (κ2) is 4.79. The van der Waals surface area contributed by atoms with Gasteiger partial charge in [-0.15, -0.1) is 0 Å². The molecular weight excluding hydrogens is 176 g/mol. The second-order valence-electron chi connectivity index (χ2n) is 3.97. The largest absolute Gasteiger partial charge is 0.381 e. The Morgan fingerprint density at radius 3 is 2.50 bits per heavy atom. The summed E-state index contributed by atoms with van der Waals surface area (Å²) in [6.45, 7) is 6.50. The van der Waals surface area contributed by atoms with Gasteiger partial charge < -0.3 is 11.1 Å². The maximum atomic E-state index is 5.66. The van der Waals surface area contributed by atoms with E-state index < -0.39 is 0 Å². The van der Waals surface area contributed by atoms with E-state index in [-0.39, 0.29) is 0 Å². The number of rotatable bonds is 4. The first-order valence-corrected chi connectivity index (χ1v) is 4.92. The summed E-state index contributed by atoms with van der Waals surface area (Å²) in [5.41, 5.74) is 5.66. The van der Waals surface area contributed by atoms with Gasteiger partial charge in [-0.3, -0.25) is 0 Å². The maximum Gasteiger partial charge on any atom is 0.169 e. The van der Waals surface area contributed by atoms with Gasteiger partial charge in [0.05, 0.1) is 0 Å². The van der Waals surface area contributed by atoms with Gasteiger partial charge in [0.25, 0.3) is 0 Å². The van der Waals surface area contributed by atoms with Gasteiger partial charge in [-0.2, -0.15) is 0 Å². The third kappa shape index (κ3) is 3.20.